The van der Waals surface area contributed by atoms with E-state index in [2.05, 4.69) is 655 Å². The summed E-state index contributed by atoms with van der Waals surface area (Å²) in [6.07, 6.45) is 0. The molecule has 9 nitrogen and oxygen atoms in total. The van der Waals surface area contributed by atoms with E-state index in [0.29, 0.717) is 36.3 Å². The normalized spacial score (nSPS) is 11.2. The van der Waals surface area contributed by atoms with E-state index < -0.39 is 0 Å². The van der Waals surface area contributed by atoms with E-state index >= 15 is 0 Å². The molecule has 0 aromatic heterocycles. The lowest BCUT2D eigenvalue weighted by Gasteiger charge is -2.37. The van der Waals surface area contributed by atoms with Crippen molar-refractivity contribution >= 4 is 152 Å². The molecule has 21 rings (SSSR count). The number of benzene rings is 21. The van der Waals surface area contributed by atoms with Crippen molar-refractivity contribution in [2.75, 3.05) is 44.1 Å². The Morgan fingerprint density at radius 3 is 0.524 bits per heavy atom. The van der Waals surface area contributed by atoms with Gasteiger partial charge in [-0.2, -0.15) is 0 Å². The van der Waals surface area contributed by atoms with Crippen LogP contribution in [-0.4, -0.2) is 36.3 Å². The van der Waals surface area contributed by atoms with E-state index in [1.807, 2.05) is 0 Å². The molecular weight excluding hydrogens is 1780 g/mol. The molecule has 0 aliphatic carbocycles. The maximum Gasteiger partial charge on any atom is 0.0540 e. The summed E-state index contributed by atoms with van der Waals surface area (Å²) in [6.45, 7) is 27.4. The van der Waals surface area contributed by atoms with E-state index in [9.17, 15) is 0 Å². The Labute approximate surface area is 870 Å². The van der Waals surface area contributed by atoms with Gasteiger partial charge in [-0.1, -0.05) is 309 Å². The first-order valence-electron chi connectivity index (χ1n) is 51.7. The maximum absolute atomic E-state index is 2.53. The van der Waals surface area contributed by atoms with E-state index in [4.69, 9.17) is 0 Å². The van der Waals surface area contributed by atoms with Crippen LogP contribution in [0.25, 0.3) is 65.7 Å². The van der Waals surface area contributed by atoms with Gasteiger partial charge in [-0.05, 0) is 351 Å². The predicted molar refractivity (Wildman–Crippen MR) is 635 cm³/mol. The molecule has 0 bridgehead atoms. The average Bonchev–Trinajstić information content (AvgIpc) is 0.751. The number of rotatable bonds is 30. The Morgan fingerprint density at radius 2 is 0.279 bits per heavy atom. The Morgan fingerprint density at radius 1 is 0.116 bits per heavy atom. The lowest BCUT2D eigenvalue weighted by atomic mass is 10.00. The fourth-order valence-corrected chi connectivity index (χ4v) is 21.1. The van der Waals surface area contributed by atoms with Crippen molar-refractivity contribution in [1.82, 2.24) is 0 Å². The molecule has 147 heavy (non-hydrogen) atoms. The van der Waals surface area contributed by atoms with Gasteiger partial charge in [0.1, 0.15) is 0 Å². The zero-order valence-electron chi connectivity index (χ0n) is 86.2. The average molecular weight is 1910 g/mol. The molecule has 0 spiro atoms. The van der Waals surface area contributed by atoms with E-state index in [1.165, 1.54) is 60.5 Å². The van der Waals surface area contributed by atoms with Crippen LogP contribution in [0.1, 0.15) is 83.1 Å². The van der Waals surface area contributed by atoms with Crippen molar-refractivity contribution in [2.24, 2.45) is 0 Å². The second-order valence-corrected chi connectivity index (χ2v) is 39.2. The van der Waals surface area contributed by atoms with Crippen LogP contribution in [0, 0.1) is 0 Å². The monoisotopic (exact) mass is 1910 g/mol. The van der Waals surface area contributed by atoms with Gasteiger partial charge in [0.05, 0.1) is 17.1 Å². The molecule has 0 saturated heterocycles. The molecule has 0 aliphatic rings. The number of hydrogen-bond donors (Lipinski definition) is 0. The van der Waals surface area contributed by atoms with Crippen LogP contribution in [-0.2, 0) is 0 Å². The van der Waals surface area contributed by atoms with E-state index in [-0.39, 0.29) is 0 Å². The minimum atomic E-state index is 0.438. The van der Waals surface area contributed by atoms with Crippen molar-refractivity contribution in [2.45, 2.75) is 119 Å². The Balaban J connectivity index is 0.000000146. The molecule has 0 amide bonds. The summed E-state index contributed by atoms with van der Waals surface area (Å²) < 4.78 is 0. The Bertz CT molecular complexity index is 7410. The molecule has 0 saturated carbocycles. The van der Waals surface area contributed by atoms with Crippen molar-refractivity contribution < 1.29 is 0 Å². The van der Waals surface area contributed by atoms with Crippen LogP contribution >= 0.6 is 0 Å². The molecule has 9 heteroatoms. The molecule has 21 aromatic rings. The summed E-state index contributed by atoms with van der Waals surface area (Å²) in [5.41, 5.74) is 30.6. The highest BCUT2D eigenvalue weighted by atomic mass is 15.2. The van der Waals surface area contributed by atoms with Gasteiger partial charge in [0.25, 0.3) is 0 Å². The minimum Gasteiger partial charge on any atom is -0.367 e. The van der Waals surface area contributed by atoms with Gasteiger partial charge in [0.15, 0.2) is 0 Å². The highest BCUT2D eigenvalue weighted by molar-refractivity contribution is 6.04. The smallest absolute Gasteiger partial charge is 0.0540 e. The van der Waals surface area contributed by atoms with Gasteiger partial charge < -0.3 is 44.1 Å². The standard InChI is InChI=1S/C60H43N3.C48H37N3.C30H49N3/c1-4-25-49(26-5-1)61(58-34-16-22-45-19-10-13-31-55(45)58)52-39-37-44(38-40-52)48-41-53(62(50-27-6-2-7-28-50)59-35-17-23-46-20-11-14-32-56(46)59)43-54(42-48)63(51-29-8-3-9-30-51)60-36-18-24-47-21-12-15-33-57(47)60;1-7-19-40(20-8-1)49(41-21-9-2-10-22-41)46-33-31-38(32-34-46)39-35-47(50(42-23-11-3-12-24-42)43-25-13-4-14-26-43)37-48(36-39)51(44-27-15-5-16-28-44)45-29-17-6-18-30-45;1-20(2)31(21(3)4)28-15-13-26(14-16-28)27-17-29(32(22(5)6)23(7)8)19-30(18-27)33(24(9)10)25(11)12/h1-43H;1-37H;13-25H,1-12H3. The van der Waals surface area contributed by atoms with E-state index in [1.54, 1.807) is 0 Å². The molecule has 21 aromatic carbocycles. The summed E-state index contributed by atoms with van der Waals surface area (Å²) in [5, 5.41) is 7.17. The molecule has 0 fully saturated rings. The van der Waals surface area contributed by atoms with Gasteiger partial charge in [0.2, 0.25) is 0 Å². The van der Waals surface area contributed by atoms with Crippen LogP contribution in [0.2, 0.25) is 0 Å². The third-order valence-electron chi connectivity index (χ3n) is 27.2. The van der Waals surface area contributed by atoms with Gasteiger partial charge in [-0.25, -0.2) is 0 Å². The molecule has 0 aliphatic heterocycles. The third kappa shape index (κ3) is 22.4. The summed E-state index contributed by atoms with van der Waals surface area (Å²) in [6, 6.07) is 192. The van der Waals surface area contributed by atoms with Crippen molar-refractivity contribution in [3.05, 3.63) is 528 Å². The minimum absolute atomic E-state index is 0.438. The van der Waals surface area contributed by atoms with Crippen LogP contribution in [0.4, 0.5) is 119 Å². The predicted octanol–water partition coefficient (Wildman–Crippen LogP) is 39.2. The SMILES string of the molecule is CC(C)N(c1ccc(-c2cc(N(C(C)C)C(C)C)cc(N(C(C)C)C(C)C)c2)cc1)C(C)C.c1ccc(N(c2ccc(-c3cc(N(c4ccccc4)c4cccc5ccccc45)cc(N(c4ccccc4)c4cccc5ccccc45)c3)cc2)c2cccc3ccccc23)cc1.c1ccc(N(c2ccccc2)c2ccc(-c3cc(N(c4ccccc4)c4ccccc4)cc(N(c4ccccc4)c4ccccc4)c3)cc2)cc1. The largest absolute Gasteiger partial charge is 0.367 e. The number of para-hydroxylation sites is 9. The van der Waals surface area contributed by atoms with Gasteiger partial charge in [-0.3, -0.25) is 0 Å². The quantitative estimate of drug-likeness (QED) is 0.0437. The van der Waals surface area contributed by atoms with Gasteiger partial charge in [-0.15, -0.1) is 0 Å². The zero-order chi connectivity index (χ0) is 101. The Kier molecular flexibility index (Phi) is 30.7. The van der Waals surface area contributed by atoms with Crippen molar-refractivity contribution in [3.8, 4) is 33.4 Å². The van der Waals surface area contributed by atoms with Gasteiger partial charge in [0, 0.05) is 155 Å². The molecule has 0 N–H and O–H groups in total. The first-order valence-corrected chi connectivity index (χ1v) is 51.7. The molecule has 726 valence electrons. The first kappa shape index (κ1) is 98.4. The number of anilines is 21. The van der Waals surface area contributed by atoms with Crippen LogP contribution in [0.15, 0.2) is 528 Å². The number of nitrogens with zero attached hydrogens (tertiary/aromatic N) is 9. The molecular formula is C138H129N9. The van der Waals surface area contributed by atoms with Crippen LogP contribution < -0.4 is 44.1 Å². The third-order valence-corrected chi connectivity index (χ3v) is 27.2. The van der Waals surface area contributed by atoms with Crippen molar-refractivity contribution in [1.29, 1.82) is 0 Å². The molecule has 0 radical (unpaired) electrons. The fraction of sp³-hybridized carbons (Fsp3) is 0.130. The summed E-state index contributed by atoms with van der Waals surface area (Å²) in [5.74, 6) is 0. The number of fused-ring (bicyclic) bond motifs is 3. The Hall–Kier alpha value is -17.4. The first-order chi connectivity index (χ1) is 71.9. The second-order valence-electron chi connectivity index (χ2n) is 39.2. The summed E-state index contributed by atoms with van der Waals surface area (Å²) in [4.78, 5) is 21.7. The van der Waals surface area contributed by atoms with Crippen LogP contribution in [0.3, 0.4) is 0 Å². The lowest BCUT2D eigenvalue weighted by Crippen LogP contribution is -2.39. The second kappa shape index (κ2) is 45.9. The summed E-state index contributed by atoms with van der Waals surface area (Å²) >= 11 is 0. The van der Waals surface area contributed by atoms with Crippen LogP contribution in [0.5, 0.6) is 0 Å². The van der Waals surface area contributed by atoms with Crippen molar-refractivity contribution in [3.63, 3.8) is 0 Å². The highest BCUT2D eigenvalue weighted by Gasteiger charge is 2.28. The topological polar surface area (TPSA) is 29.2 Å². The zero-order valence-corrected chi connectivity index (χ0v) is 86.2. The highest BCUT2D eigenvalue weighted by Crippen LogP contribution is 2.51. The fourth-order valence-electron chi connectivity index (χ4n) is 21.1. The molecule has 0 unspecified atom stereocenters. The summed E-state index contributed by atoms with van der Waals surface area (Å²) in [7, 11) is 0. The van der Waals surface area contributed by atoms with Gasteiger partial charge >= 0.3 is 0 Å². The van der Waals surface area contributed by atoms with E-state index in [0.717, 1.165) is 125 Å². The number of hydrogen-bond acceptors (Lipinski definition) is 9. The maximum atomic E-state index is 2.53. The molecule has 0 atom stereocenters. The lowest BCUT2D eigenvalue weighted by molar-refractivity contribution is 0.600. The molecule has 0 heterocycles.